The lowest BCUT2D eigenvalue weighted by Crippen LogP contribution is -2.17. The molecule has 27 heavy (non-hydrogen) atoms. The number of carbonyl (C=O) groups excluding carboxylic acids is 1. The first-order chi connectivity index (χ1) is 13.0. The fourth-order valence-corrected chi connectivity index (χ4v) is 2.89. The van der Waals surface area contributed by atoms with Crippen molar-refractivity contribution in [2.75, 3.05) is 10.6 Å². The summed E-state index contributed by atoms with van der Waals surface area (Å²) in [6.45, 7) is 6.85. The molecule has 0 fully saturated rings. The smallest absolute Gasteiger partial charge is 0.274 e. The van der Waals surface area contributed by atoms with Crippen molar-refractivity contribution in [1.29, 1.82) is 0 Å². The van der Waals surface area contributed by atoms with E-state index in [-0.39, 0.29) is 5.91 Å². The van der Waals surface area contributed by atoms with E-state index < -0.39 is 0 Å². The predicted molar refractivity (Wildman–Crippen MR) is 109 cm³/mol. The fraction of sp³-hybridized carbons (Fsp3) is 0.227. The van der Waals surface area contributed by atoms with E-state index in [1.165, 1.54) is 6.33 Å². The lowest BCUT2D eigenvalue weighted by molar-refractivity contribution is 0.102. The van der Waals surface area contributed by atoms with Gasteiger partial charge in [0.15, 0.2) is 0 Å². The van der Waals surface area contributed by atoms with E-state index in [0.29, 0.717) is 24.0 Å². The van der Waals surface area contributed by atoms with Crippen LogP contribution in [0.5, 0.6) is 0 Å². The van der Waals surface area contributed by atoms with Gasteiger partial charge in [0.1, 0.15) is 17.8 Å². The second kappa shape index (κ2) is 8.45. The van der Waals surface area contributed by atoms with Gasteiger partial charge in [0, 0.05) is 18.3 Å². The summed E-state index contributed by atoms with van der Waals surface area (Å²) in [5, 5.41) is 6.25. The number of para-hydroxylation sites is 1. The van der Waals surface area contributed by atoms with Crippen LogP contribution in [-0.2, 0) is 6.54 Å². The monoisotopic (exact) mass is 360 g/mol. The van der Waals surface area contributed by atoms with Crippen molar-refractivity contribution in [3.8, 4) is 0 Å². The number of hydrogen-bond acceptors (Lipinski definition) is 4. The van der Waals surface area contributed by atoms with E-state index in [0.717, 1.165) is 22.4 Å². The molecule has 0 aliphatic carbocycles. The number of aryl methyl sites for hydroxylation is 1. The zero-order valence-electron chi connectivity index (χ0n) is 15.9. The van der Waals surface area contributed by atoms with Crippen LogP contribution in [0.15, 0.2) is 60.9 Å². The van der Waals surface area contributed by atoms with E-state index in [9.17, 15) is 4.79 Å². The summed E-state index contributed by atoms with van der Waals surface area (Å²) in [5.41, 5.74) is 4.47. The first kappa shape index (κ1) is 18.6. The Bertz CT molecular complexity index is 923. The van der Waals surface area contributed by atoms with Gasteiger partial charge in [-0.05, 0) is 29.5 Å². The maximum absolute atomic E-state index is 12.7. The van der Waals surface area contributed by atoms with E-state index in [1.807, 2.05) is 55.5 Å². The Morgan fingerprint density at radius 3 is 2.56 bits per heavy atom. The SMILES string of the molecule is Cc1cccc(C(C)C)c1NC(=O)c1cc(NCc2ccccc2)ncn1. The number of rotatable bonds is 6. The van der Waals surface area contributed by atoms with Crippen LogP contribution in [0.3, 0.4) is 0 Å². The Morgan fingerprint density at radius 2 is 1.81 bits per heavy atom. The van der Waals surface area contributed by atoms with Crippen molar-refractivity contribution < 1.29 is 4.79 Å². The number of aromatic nitrogens is 2. The van der Waals surface area contributed by atoms with Crippen LogP contribution in [0.4, 0.5) is 11.5 Å². The molecule has 0 atom stereocenters. The first-order valence-electron chi connectivity index (χ1n) is 9.05. The number of nitrogens with one attached hydrogen (secondary N) is 2. The summed E-state index contributed by atoms with van der Waals surface area (Å²) in [7, 11) is 0. The lowest BCUT2D eigenvalue weighted by Gasteiger charge is -2.16. The van der Waals surface area contributed by atoms with Crippen LogP contribution in [-0.4, -0.2) is 15.9 Å². The zero-order valence-corrected chi connectivity index (χ0v) is 15.9. The fourth-order valence-electron chi connectivity index (χ4n) is 2.89. The Kier molecular flexibility index (Phi) is 5.81. The molecule has 2 N–H and O–H groups in total. The van der Waals surface area contributed by atoms with Crippen LogP contribution in [0.2, 0.25) is 0 Å². The maximum Gasteiger partial charge on any atom is 0.274 e. The Morgan fingerprint density at radius 1 is 1.04 bits per heavy atom. The van der Waals surface area contributed by atoms with E-state index in [4.69, 9.17) is 0 Å². The van der Waals surface area contributed by atoms with E-state index >= 15 is 0 Å². The highest BCUT2D eigenvalue weighted by Gasteiger charge is 2.14. The molecule has 2 aromatic carbocycles. The third kappa shape index (κ3) is 4.70. The molecule has 0 unspecified atom stereocenters. The van der Waals surface area contributed by atoms with Gasteiger partial charge < -0.3 is 10.6 Å². The zero-order chi connectivity index (χ0) is 19.2. The first-order valence-corrected chi connectivity index (χ1v) is 9.05. The molecule has 0 aliphatic heterocycles. The van der Waals surface area contributed by atoms with Crippen molar-refractivity contribution >= 4 is 17.4 Å². The van der Waals surface area contributed by atoms with Crippen LogP contribution < -0.4 is 10.6 Å². The highest BCUT2D eigenvalue weighted by atomic mass is 16.1. The van der Waals surface area contributed by atoms with Crippen molar-refractivity contribution in [2.45, 2.75) is 33.2 Å². The molecule has 0 saturated heterocycles. The molecule has 0 saturated carbocycles. The lowest BCUT2D eigenvalue weighted by atomic mass is 9.98. The van der Waals surface area contributed by atoms with Gasteiger partial charge in [-0.15, -0.1) is 0 Å². The van der Waals surface area contributed by atoms with Crippen molar-refractivity contribution in [3.63, 3.8) is 0 Å². The minimum atomic E-state index is -0.239. The summed E-state index contributed by atoms with van der Waals surface area (Å²) < 4.78 is 0. The van der Waals surface area contributed by atoms with Crippen LogP contribution in [0.1, 0.15) is 46.9 Å². The summed E-state index contributed by atoms with van der Waals surface area (Å²) in [4.78, 5) is 21.1. The topological polar surface area (TPSA) is 66.9 Å². The number of benzene rings is 2. The molecule has 0 spiro atoms. The molecule has 3 aromatic rings. The number of carbonyl (C=O) groups is 1. The van der Waals surface area contributed by atoms with Crippen LogP contribution >= 0.6 is 0 Å². The molecular formula is C22H24N4O. The van der Waals surface area contributed by atoms with E-state index in [1.54, 1.807) is 6.07 Å². The van der Waals surface area contributed by atoms with Gasteiger partial charge in [-0.3, -0.25) is 4.79 Å². The minimum Gasteiger partial charge on any atom is -0.366 e. The molecule has 0 bridgehead atoms. The Labute approximate surface area is 159 Å². The van der Waals surface area contributed by atoms with E-state index in [2.05, 4.69) is 34.4 Å². The molecule has 0 aliphatic rings. The Balaban J connectivity index is 1.74. The third-order valence-electron chi connectivity index (χ3n) is 4.38. The molecule has 5 nitrogen and oxygen atoms in total. The summed E-state index contributed by atoms with van der Waals surface area (Å²) >= 11 is 0. The summed E-state index contributed by atoms with van der Waals surface area (Å²) in [6.07, 6.45) is 1.41. The highest BCUT2D eigenvalue weighted by Crippen LogP contribution is 2.27. The molecule has 0 radical (unpaired) electrons. The molecule has 1 aromatic heterocycles. The largest absolute Gasteiger partial charge is 0.366 e. The van der Waals surface area contributed by atoms with Gasteiger partial charge in [0.05, 0.1) is 0 Å². The molecular weight excluding hydrogens is 336 g/mol. The molecule has 1 heterocycles. The number of amides is 1. The van der Waals surface area contributed by atoms with Gasteiger partial charge in [-0.1, -0.05) is 62.4 Å². The molecule has 5 heteroatoms. The molecule has 138 valence electrons. The second-order valence-electron chi connectivity index (χ2n) is 6.78. The number of anilines is 2. The second-order valence-corrected chi connectivity index (χ2v) is 6.78. The van der Waals surface area contributed by atoms with Crippen molar-refractivity contribution in [1.82, 2.24) is 9.97 Å². The predicted octanol–water partition coefficient (Wildman–Crippen LogP) is 4.77. The van der Waals surface area contributed by atoms with Gasteiger partial charge in [0.25, 0.3) is 5.91 Å². The third-order valence-corrected chi connectivity index (χ3v) is 4.38. The average molecular weight is 360 g/mol. The molecule has 3 rings (SSSR count). The summed E-state index contributed by atoms with van der Waals surface area (Å²) in [6, 6.07) is 17.7. The maximum atomic E-state index is 12.7. The van der Waals surface area contributed by atoms with Crippen LogP contribution in [0.25, 0.3) is 0 Å². The molecule has 1 amide bonds. The normalized spacial score (nSPS) is 10.7. The van der Waals surface area contributed by atoms with Gasteiger partial charge in [-0.2, -0.15) is 0 Å². The highest BCUT2D eigenvalue weighted by molar-refractivity contribution is 6.04. The van der Waals surface area contributed by atoms with Crippen molar-refractivity contribution in [2.24, 2.45) is 0 Å². The van der Waals surface area contributed by atoms with Gasteiger partial charge >= 0.3 is 0 Å². The van der Waals surface area contributed by atoms with Gasteiger partial charge in [-0.25, -0.2) is 9.97 Å². The average Bonchev–Trinajstić information content (AvgIpc) is 2.68. The number of hydrogen-bond donors (Lipinski definition) is 2. The number of nitrogens with zero attached hydrogens (tertiary/aromatic N) is 2. The summed E-state index contributed by atoms with van der Waals surface area (Å²) in [5.74, 6) is 0.693. The van der Waals surface area contributed by atoms with Crippen molar-refractivity contribution in [3.05, 3.63) is 83.3 Å². The van der Waals surface area contributed by atoms with Gasteiger partial charge in [0.2, 0.25) is 0 Å². The Hall–Kier alpha value is -3.21. The van der Waals surface area contributed by atoms with Crippen LogP contribution in [0, 0.1) is 6.92 Å². The quantitative estimate of drug-likeness (QED) is 0.664. The standard InChI is InChI=1S/C22H24N4O/c1-15(2)18-11-7-8-16(3)21(18)26-22(27)19-12-20(25-14-24-19)23-13-17-9-5-4-6-10-17/h4-12,14-15H,13H2,1-3H3,(H,26,27)(H,23,24,25). The minimum absolute atomic E-state index is 0.239.